The number of nitrogens with one attached hydrogen (secondary N) is 1. The Kier molecular flexibility index (Phi) is 6.35. The van der Waals surface area contributed by atoms with Gasteiger partial charge in [-0.3, -0.25) is 9.59 Å². The van der Waals surface area contributed by atoms with Crippen molar-refractivity contribution in [3.8, 4) is 5.75 Å². The maximum absolute atomic E-state index is 11.7. The lowest BCUT2D eigenvalue weighted by molar-refractivity contribution is -0.140. The first-order valence-electron chi connectivity index (χ1n) is 5.79. The quantitative estimate of drug-likeness (QED) is 0.809. The maximum Gasteiger partial charge on any atom is 0.307 e. The molecule has 5 nitrogen and oxygen atoms in total. The van der Waals surface area contributed by atoms with Crippen LogP contribution in [-0.4, -0.2) is 31.6 Å². The average molecular weight is 330 g/mol. The van der Waals surface area contributed by atoms with Crippen LogP contribution in [0.3, 0.4) is 0 Å². The molecule has 0 aromatic heterocycles. The van der Waals surface area contributed by atoms with Gasteiger partial charge in [0.25, 0.3) is 5.91 Å². The van der Waals surface area contributed by atoms with Gasteiger partial charge < -0.3 is 14.8 Å². The van der Waals surface area contributed by atoms with Crippen LogP contribution in [0.2, 0.25) is 0 Å². The number of ether oxygens (including phenoxy) is 2. The van der Waals surface area contributed by atoms with Crippen LogP contribution in [0.5, 0.6) is 5.75 Å². The molecule has 1 aromatic carbocycles. The van der Waals surface area contributed by atoms with Gasteiger partial charge in [-0.1, -0.05) is 15.9 Å². The number of benzene rings is 1. The third-order valence-corrected chi connectivity index (χ3v) is 2.88. The highest BCUT2D eigenvalue weighted by atomic mass is 79.9. The minimum absolute atomic E-state index is 0.146. The van der Waals surface area contributed by atoms with E-state index < -0.39 is 6.10 Å². The minimum atomic E-state index is -0.626. The van der Waals surface area contributed by atoms with Crippen LogP contribution in [0, 0.1) is 0 Å². The molecule has 1 N–H and O–H groups in total. The fourth-order valence-electron chi connectivity index (χ4n) is 1.30. The van der Waals surface area contributed by atoms with Crippen molar-refractivity contribution in [1.82, 2.24) is 5.32 Å². The molecule has 0 saturated heterocycles. The lowest BCUT2D eigenvalue weighted by atomic mass is 10.3. The van der Waals surface area contributed by atoms with Crippen molar-refractivity contribution in [3.63, 3.8) is 0 Å². The molecule has 0 heterocycles. The van der Waals surface area contributed by atoms with Gasteiger partial charge in [0.2, 0.25) is 0 Å². The second-order valence-electron chi connectivity index (χ2n) is 3.83. The predicted molar refractivity (Wildman–Crippen MR) is 73.9 cm³/mol. The second-order valence-corrected chi connectivity index (χ2v) is 4.75. The molecule has 0 aliphatic heterocycles. The molecule has 19 heavy (non-hydrogen) atoms. The number of rotatable bonds is 6. The lowest BCUT2D eigenvalue weighted by Gasteiger charge is -2.14. The highest BCUT2D eigenvalue weighted by Gasteiger charge is 2.14. The summed E-state index contributed by atoms with van der Waals surface area (Å²) in [5.74, 6) is -0.0209. The summed E-state index contributed by atoms with van der Waals surface area (Å²) in [7, 11) is 1.31. The Morgan fingerprint density at radius 2 is 1.95 bits per heavy atom. The van der Waals surface area contributed by atoms with E-state index in [1.807, 2.05) is 12.1 Å². The van der Waals surface area contributed by atoms with E-state index in [2.05, 4.69) is 26.0 Å². The summed E-state index contributed by atoms with van der Waals surface area (Å²) in [6.07, 6.45) is -0.480. The fourth-order valence-corrected chi connectivity index (χ4v) is 1.57. The Hall–Kier alpha value is -1.56. The molecule has 0 radical (unpaired) electrons. The molecule has 0 spiro atoms. The average Bonchev–Trinajstić information content (AvgIpc) is 2.40. The Labute approximate surface area is 120 Å². The molecule has 1 amide bonds. The first-order chi connectivity index (χ1) is 9.02. The highest BCUT2D eigenvalue weighted by Crippen LogP contribution is 2.17. The summed E-state index contributed by atoms with van der Waals surface area (Å²) >= 11 is 3.32. The zero-order chi connectivity index (χ0) is 14.3. The van der Waals surface area contributed by atoms with Gasteiger partial charge >= 0.3 is 5.97 Å². The Morgan fingerprint density at radius 3 is 2.53 bits per heavy atom. The molecule has 0 saturated carbocycles. The van der Waals surface area contributed by atoms with E-state index in [0.717, 1.165) is 4.47 Å². The number of methoxy groups -OCH3 is 1. The molecule has 6 heteroatoms. The first kappa shape index (κ1) is 15.5. The van der Waals surface area contributed by atoms with Crippen LogP contribution >= 0.6 is 15.9 Å². The van der Waals surface area contributed by atoms with Gasteiger partial charge in [-0.15, -0.1) is 0 Å². The van der Waals surface area contributed by atoms with E-state index in [0.29, 0.717) is 5.75 Å². The van der Waals surface area contributed by atoms with E-state index in [4.69, 9.17) is 4.74 Å². The van der Waals surface area contributed by atoms with E-state index in [9.17, 15) is 9.59 Å². The molecule has 0 bridgehead atoms. The van der Waals surface area contributed by atoms with Gasteiger partial charge in [0, 0.05) is 11.0 Å². The molecule has 0 fully saturated rings. The summed E-state index contributed by atoms with van der Waals surface area (Å²) in [6.45, 7) is 1.88. The minimum Gasteiger partial charge on any atom is -0.481 e. The van der Waals surface area contributed by atoms with Crippen molar-refractivity contribution in [2.45, 2.75) is 19.4 Å². The van der Waals surface area contributed by atoms with Crippen molar-refractivity contribution in [2.24, 2.45) is 0 Å². The lowest BCUT2D eigenvalue weighted by Crippen LogP contribution is -2.37. The summed E-state index contributed by atoms with van der Waals surface area (Å²) in [5, 5.41) is 2.61. The smallest absolute Gasteiger partial charge is 0.307 e. The SMILES string of the molecule is COC(=O)CCNC(=O)C(C)Oc1ccc(Br)cc1. The predicted octanol–water partition coefficient (Wildman–Crippen LogP) is 1.90. The second kappa shape index (κ2) is 7.78. The molecule has 1 unspecified atom stereocenters. The van der Waals surface area contributed by atoms with Gasteiger partial charge in [-0.05, 0) is 31.2 Å². The van der Waals surface area contributed by atoms with E-state index in [-0.39, 0.29) is 24.8 Å². The third-order valence-electron chi connectivity index (χ3n) is 2.35. The highest BCUT2D eigenvalue weighted by molar-refractivity contribution is 9.10. The van der Waals surface area contributed by atoms with Gasteiger partial charge in [-0.2, -0.15) is 0 Å². The molecule has 1 rings (SSSR count). The number of halogens is 1. The standard InChI is InChI=1S/C13H16BrNO4/c1-9(13(17)15-8-7-12(16)18-2)19-11-5-3-10(14)4-6-11/h3-6,9H,7-8H2,1-2H3,(H,15,17). The van der Waals surface area contributed by atoms with Crippen LogP contribution < -0.4 is 10.1 Å². The maximum atomic E-state index is 11.7. The van der Waals surface area contributed by atoms with Crippen LogP contribution in [0.15, 0.2) is 28.7 Å². The Bertz CT molecular complexity index is 433. The van der Waals surface area contributed by atoms with Crippen LogP contribution in [0.4, 0.5) is 0 Å². The number of esters is 1. The van der Waals surface area contributed by atoms with Gasteiger partial charge in [0.15, 0.2) is 6.10 Å². The van der Waals surface area contributed by atoms with Crippen LogP contribution in [0.1, 0.15) is 13.3 Å². The zero-order valence-electron chi connectivity index (χ0n) is 10.8. The summed E-state index contributed by atoms with van der Waals surface area (Å²) < 4.78 is 10.9. The Balaban J connectivity index is 2.36. The topological polar surface area (TPSA) is 64.6 Å². The number of carbonyl (C=O) groups excluding carboxylic acids is 2. The summed E-state index contributed by atoms with van der Waals surface area (Å²) in [6, 6.07) is 7.19. The monoisotopic (exact) mass is 329 g/mol. The van der Waals surface area contributed by atoms with E-state index in [1.54, 1.807) is 19.1 Å². The first-order valence-corrected chi connectivity index (χ1v) is 6.59. The van der Waals surface area contributed by atoms with Gasteiger partial charge in [0.05, 0.1) is 13.5 Å². The third kappa shape index (κ3) is 5.74. The van der Waals surface area contributed by atoms with Crippen molar-refractivity contribution >= 4 is 27.8 Å². The van der Waals surface area contributed by atoms with Gasteiger partial charge in [0.1, 0.15) is 5.75 Å². The number of hydrogen-bond donors (Lipinski definition) is 1. The Morgan fingerprint density at radius 1 is 1.32 bits per heavy atom. The summed E-state index contributed by atoms with van der Waals surface area (Å²) in [5.41, 5.74) is 0. The number of carbonyl (C=O) groups is 2. The van der Waals surface area contributed by atoms with E-state index in [1.165, 1.54) is 7.11 Å². The molecule has 1 atom stereocenters. The summed E-state index contributed by atoms with van der Waals surface area (Å²) in [4.78, 5) is 22.6. The van der Waals surface area contributed by atoms with Crippen molar-refractivity contribution in [2.75, 3.05) is 13.7 Å². The van der Waals surface area contributed by atoms with Crippen molar-refractivity contribution < 1.29 is 19.1 Å². The normalized spacial score (nSPS) is 11.5. The molecule has 0 aliphatic carbocycles. The van der Waals surface area contributed by atoms with Crippen LogP contribution in [-0.2, 0) is 14.3 Å². The molecule has 1 aromatic rings. The molecular weight excluding hydrogens is 314 g/mol. The fraction of sp³-hybridized carbons (Fsp3) is 0.385. The molecule has 104 valence electrons. The molecule has 0 aliphatic rings. The van der Waals surface area contributed by atoms with Crippen molar-refractivity contribution in [3.05, 3.63) is 28.7 Å². The van der Waals surface area contributed by atoms with Crippen molar-refractivity contribution in [1.29, 1.82) is 0 Å². The number of hydrogen-bond acceptors (Lipinski definition) is 4. The van der Waals surface area contributed by atoms with Gasteiger partial charge in [-0.25, -0.2) is 0 Å². The largest absolute Gasteiger partial charge is 0.481 e. The van der Waals surface area contributed by atoms with E-state index >= 15 is 0 Å². The number of amides is 1. The molecular formula is C13H16BrNO4. The zero-order valence-corrected chi connectivity index (χ0v) is 12.4. The van der Waals surface area contributed by atoms with Crippen LogP contribution in [0.25, 0.3) is 0 Å².